The molecule has 0 N–H and O–H groups in total. The minimum Gasteiger partial charge on any atom is -0.426 e. The molecule has 7 heteroatoms. The quantitative estimate of drug-likeness (QED) is 0.384. The summed E-state index contributed by atoms with van der Waals surface area (Å²) in [6, 6.07) is 12.5. The molecule has 2 aliphatic carbocycles. The van der Waals surface area contributed by atoms with E-state index in [1.54, 1.807) is 29.2 Å². The molecule has 4 aliphatic rings. The molecule has 2 saturated heterocycles. The summed E-state index contributed by atoms with van der Waals surface area (Å²) in [7, 11) is 0. The van der Waals surface area contributed by atoms with Gasteiger partial charge in [-0.3, -0.25) is 19.2 Å². The highest BCUT2D eigenvalue weighted by atomic mass is 16.5. The van der Waals surface area contributed by atoms with Crippen molar-refractivity contribution in [1.29, 1.82) is 0 Å². The summed E-state index contributed by atoms with van der Waals surface area (Å²) in [6.45, 7) is 4.17. The molecule has 2 bridgehead atoms. The first kappa shape index (κ1) is 22.0. The maximum Gasteiger partial charge on any atom is 0.316 e. The Kier molecular flexibility index (Phi) is 5.06. The number of hydrogen-bond donors (Lipinski definition) is 0. The van der Waals surface area contributed by atoms with E-state index in [-0.39, 0.29) is 48.3 Å². The molecule has 2 aliphatic heterocycles. The first-order chi connectivity index (χ1) is 16.8. The van der Waals surface area contributed by atoms with Crippen LogP contribution < -0.4 is 14.5 Å². The second-order valence-electron chi connectivity index (χ2n) is 10.5. The van der Waals surface area contributed by atoms with E-state index < -0.39 is 11.9 Å². The Balaban J connectivity index is 1.17. The van der Waals surface area contributed by atoms with Crippen molar-refractivity contribution in [2.45, 2.75) is 39.5 Å². The number of amides is 3. The number of esters is 1. The minimum atomic E-state index is -0.587. The molecular formula is C28H28N2O5. The smallest absolute Gasteiger partial charge is 0.316 e. The van der Waals surface area contributed by atoms with Gasteiger partial charge in [0.15, 0.2) is 0 Å². The summed E-state index contributed by atoms with van der Waals surface area (Å²) in [5.74, 6) is -0.939. The minimum absolute atomic E-state index is 0.0845. The van der Waals surface area contributed by atoms with Crippen LogP contribution in [0.1, 0.15) is 36.8 Å². The summed E-state index contributed by atoms with van der Waals surface area (Å²) in [5, 5.41) is 0. The molecule has 0 aromatic heterocycles. The van der Waals surface area contributed by atoms with Gasteiger partial charge >= 0.3 is 5.97 Å². The largest absolute Gasteiger partial charge is 0.426 e. The lowest BCUT2D eigenvalue weighted by Crippen LogP contribution is -2.32. The van der Waals surface area contributed by atoms with Crippen molar-refractivity contribution in [3.63, 3.8) is 0 Å². The zero-order chi connectivity index (χ0) is 24.4. The van der Waals surface area contributed by atoms with Gasteiger partial charge in [0.1, 0.15) is 5.75 Å². The topological polar surface area (TPSA) is 84.0 Å². The maximum atomic E-state index is 13.1. The molecule has 0 spiro atoms. The van der Waals surface area contributed by atoms with Gasteiger partial charge in [-0.1, -0.05) is 18.2 Å². The summed E-state index contributed by atoms with van der Waals surface area (Å²) >= 11 is 0. The monoisotopic (exact) mass is 472 g/mol. The van der Waals surface area contributed by atoms with E-state index in [1.807, 2.05) is 32.0 Å². The van der Waals surface area contributed by atoms with Gasteiger partial charge in [0.2, 0.25) is 17.7 Å². The molecule has 2 saturated carbocycles. The highest BCUT2D eigenvalue weighted by Gasteiger charge is 2.61. The molecule has 2 aromatic rings. The van der Waals surface area contributed by atoms with Crippen molar-refractivity contribution in [3.05, 3.63) is 53.6 Å². The highest BCUT2D eigenvalue weighted by molar-refractivity contribution is 6.22. The van der Waals surface area contributed by atoms with Crippen molar-refractivity contribution in [2.24, 2.45) is 29.6 Å². The van der Waals surface area contributed by atoms with E-state index in [0.29, 0.717) is 17.5 Å². The van der Waals surface area contributed by atoms with Crippen LogP contribution in [0.5, 0.6) is 5.75 Å². The molecule has 2 heterocycles. The van der Waals surface area contributed by atoms with Gasteiger partial charge in [-0.25, -0.2) is 4.90 Å². The fourth-order valence-corrected chi connectivity index (χ4v) is 6.66. The number of aryl methyl sites for hydroxylation is 2. The maximum absolute atomic E-state index is 13.1. The van der Waals surface area contributed by atoms with Crippen LogP contribution in [0.25, 0.3) is 0 Å². The molecule has 5 atom stereocenters. The highest BCUT2D eigenvalue weighted by Crippen LogP contribution is 2.56. The molecule has 2 aromatic carbocycles. The Morgan fingerprint density at radius 1 is 0.943 bits per heavy atom. The average Bonchev–Trinajstić information content (AvgIpc) is 3.59. The number of anilines is 2. The average molecular weight is 473 g/mol. The SMILES string of the molecule is Cc1ccc(C)c(N2C[C@@H](C(=O)Oc3cccc(N4C(=O)[C@@H]5[C@H]6CC[C@@H](C6)[C@@H]5C4=O)c3)CC2=O)c1. The number of imide groups is 1. The summed E-state index contributed by atoms with van der Waals surface area (Å²) < 4.78 is 5.64. The second kappa shape index (κ2) is 8.04. The molecule has 35 heavy (non-hydrogen) atoms. The van der Waals surface area contributed by atoms with Crippen LogP contribution >= 0.6 is 0 Å². The number of rotatable bonds is 4. The Bertz CT molecular complexity index is 1240. The zero-order valence-electron chi connectivity index (χ0n) is 19.9. The lowest BCUT2D eigenvalue weighted by Gasteiger charge is -2.20. The molecule has 3 amide bonds. The lowest BCUT2D eigenvalue weighted by molar-refractivity contribution is -0.139. The van der Waals surface area contributed by atoms with Crippen LogP contribution in [-0.2, 0) is 19.2 Å². The normalized spacial score (nSPS) is 29.3. The van der Waals surface area contributed by atoms with E-state index in [2.05, 4.69) is 0 Å². The van der Waals surface area contributed by atoms with Crippen LogP contribution in [-0.4, -0.2) is 30.2 Å². The lowest BCUT2D eigenvalue weighted by atomic mass is 9.81. The Labute approximate surface area is 204 Å². The molecule has 180 valence electrons. The fraction of sp³-hybridized carbons (Fsp3) is 0.429. The molecule has 6 rings (SSSR count). The third-order valence-electron chi connectivity index (χ3n) is 8.34. The van der Waals surface area contributed by atoms with Crippen molar-refractivity contribution < 1.29 is 23.9 Å². The second-order valence-corrected chi connectivity index (χ2v) is 10.5. The van der Waals surface area contributed by atoms with Crippen LogP contribution in [0.4, 0.5) is 11.4 Å². The number of nitrogens with zero attached hydrogens (tertiary/aromatic N) is 2. The third kappa shape index (κ3) is 3.48. The standard InChI is InChI=1S/C28H28N2O5/c1-15-6-7-16(2)22(10-15)29-14-19(12-23(29)31)28(34)35-21-5-3-4-20(13-21)30-26(32)24-17-8-9-18(11-17)25(24)27(30)33/h3-7,10,13,17-19,24-25H,8-9,11-12,14H2,1-2H3/t17-,18-,19-,24-,25+/m0/s1. The molecule has 0 radical (unpaired) electrons. The Morgan fingerprint density at radius 2 is 1.66 bits per heavy atom. The van der Waals surface area contributed by atoms with E-state index in [9.17, 15) is 19.2 Å². The first-order valence-corrected chi connectivity index (χ1v) is 12.4. The van der Waals surface area contributed by atoms with Crippen molar-refractivity contribution in [1.82, 2.24) is 0 Å². The van der Waals surface area contributed by atoms with E-state index in [4.69, 9.17) is 4.74 Å². The van der Waals surface area contributed by atoms with Crippen LogP contribution in [0.2, 0.25) is 0 Å². The summed E-state index contributed by atoms with van der Waals surface area (Å²) in [5.41, 5.74) is 3.28. The van der Waals surface area contributed by atoms with E-state index in [1.165, 1.54) is 4.90 Å². The van der Waals surface area contributed by atoms with Crippen LogP contribution in [0.3, 0.4) is 0 Å². The number of carbonyl (C=O) groups is 4. The molecular weight excluding hydrogens is 444 g/mol. The third-order valence-corrected chi connectivity index (χ3v) is 8.34. The van der Waals surface area contributed by atoms with Crippen molar-refractivity contribution >= 4 is 35.1 Å². The van der Waals surface area contributed by atoms with Crippen LogP contribution in [0.15, 0.2) is 42.5 Å². The van der Waals surface area contributed by atoms with Gasteiger partial charge in [0.25, 0.3) is 0 Å². The van der Waals surface area contributed by atoms with Gasteiger partial charge in [-0.05, 0) is 74.3 Å². The van der Waals surface area contributed by atoms with Gasteiger partial charge in [-0.15, -0.1) is 0 Å². The molecule has 0 unspecified atom stereocenters. The van der Waals surface area contributed by atoms with Crippen LogP contribution in [0, 0.1) is 43.4 Å². The fourth-order valence-electron chi connectivity index (χ4n) is 6.66. The zero-order valence-corrected chi connectivity index (χ0v) is 19.9. The number of fused-ring (bicyclic) bond motifs is 5. The van der Waals surface area contributed by atoms with E-state index in [0.717, 1.165) is 36.1 Å². The first-order valence-electron chi connectivity index (χ1n) is 12.4. The Morgan fingerprint density at radius 3 is 2.37 bits per heavy atom. The summed E-state index contributed by atoms with van der Waals surface area (Å²) in [4.78, 5) is 54.9. The van der Waals surface area contributed by atoms with Gasteiger partial charge in [-0.2, -0.15) is 0 Å². The predicted octanol–water partition coefficient (Wildman–Crippen LogP) is 3.80. The predicted molar refractivity (Wildman–Crippen MR) is 129 cm³/mol. The van der Waals surface area contributed by atoms with Crippen molar-refractivity contribution in [2.75, 3.05) is 16.3 Å². The van der Waals surface area contributed by atoms with Gasteiger partial charge in [0.05, 0.1) is 23.4 Å². The Hall–Kier alpha value is -3.48. The summed E-state index contributed by atoms with van der Waals surface area (Å²) in [6.07, 6.45) is 3.11. The van der Waals surface area contributed by atoms with Gasteiger partial charge < -0.3 is 9.64 Å². The van der Waals surface area contributed by atoms with Gasteiger partial charge in [0, 0.05) is 24.7 Å². The number of hydrogen-bond acceptors (Lipinski definition) is 5. The number of benzene rings is 2. The van der Waals surface area contributed by atoms with E-state index >= 15 is 0 Å². The van der Waals surface area contributed by atoms with Crippen molar-refractivity contribution in [3.8, 4) is 5.75 Å². The number of ether oxygens (including phenoxy) is 1. The number of carbonyl (C=O) groups excluding carboxylic acids is 4. The molecule has 7 nitrogen and oxygen atoms in total. The molecule has 4 fully saturated rings.